The fourth-order valence-electron chi connectivity index (χ4n) is 0.214. The second kappa shape index (κ2) is 2.41. The van der Waals surface area contributed by atoms with Gasteiger partial charge in [-0.05, 0) is 0 Å². The minimum absolute atomic E-state index is 0. The Kier molecular flexibility index (Phi) is 2.15. The summed E-state index contributed by atoms with van der Waals surface area (Å²) in [5.41, 5.74) is -0.269. The van der Waals surface area contributed by atoms with E-state index in [0.29, 0.717) is 0 Å². The normalized spacial score (nSPS) is 7.43. The SMILES string of the molecule is Cl.O=c1[nH]cn[nH]1. The highest BCUT2D eigenvalue weighted by atomic mass is 35.5. The van der Waals surface area contributed by atoms with Gasteiger partial charge in [-0.2, -0.15) is 5.10 Å². The molecule has 0 atom stereocenters. The lowest BCUT2D eigenvalue weighted by Crippen LogP contribution is -1.99. The molecule has 0 amide bonds. The van der Waals surface area contributed by atoms with Crippen LogP contribution in [0.15, 0.2) is 11.1 Å². The van der Waals surface area contributed by atoms with Gasteiger partial charge >= 0.3 is 5.69 Å². The summed E-state index contributed by atoms with van der Waals surface area (Å²) in [6.07, 6.45) is 1.29. The number of nitrogens with zero attached hydrogens (tertiary/aromatic N) is 1. The van der Waals surface area contributed by atoms with E-state index in [2.05, 4.69) is 15.2 Å². The quantitative estimate of drug-likeness (QED) is 0.487. The van der Waals surface area contributed by atoms with E-state index in [1.54, 1.807) is 0 Å². The fraction of sp³-hybridized carbons (Fsp3) is 0. The number of rotatable bonds is 0. The summed E-state index contributed by atoms with van der Waals surface area (Å²) in [7, 11) is 0. The van der Waals surface area contributed by atoms with Gasteiger partial charge in [-0.15, -0.1) is 12.4 Å². The molecule has 0 bridgehead atoms. The molecule has 2 N–H and O–H groups in total. The maximum Gasteiger partial charge on any atom is 0.340 e. The van der Waals surface area contributed by atoms with Crippen molar-refractivity contribution in [2.75, 3.05) is 0 Å². The van der Waals surface area contributed by atoms with Gasteiger partial charge in [0.05, 0.1) is 0 Å². The van der Waals surface area contributed by atoms with Gasteiger partial charge in [-0.25, -0.2) is 9.89 Å². The Balaban J connectivity index is 0.000000360. The summed E-state index contributed by atoms with van der Waals surface area (Å²) < 4.78 is 0. The summed E-state index contributed by atoms with van der Waals surface area (Å²) in [6, 6.07) is 0. The highest BCUT2D eigenvalue weighted by Gasteiger charge is 1.70. The predicted molar refractivity (Wildman–Crippen MR) is 26.5 cm³/mol. The van der Waals surface area contributed by atoms with E-state index in [0.717, 1.165) is 0 Å². The van der Waals surface area contributed by atoms with Crippen LogP contribution in [-0.2, 0) is 0 Å². The van der Waals surface area contributed by atoms with Crippen LogP contribution in [0.3, 0.4) is 0 Å². The summed E-state index contributed by atoms with van der Waals surface area (Å²) in [6.45, 7) is 0. The lowest BCUT2D eigenvalue weighted by atomic mass is 11.3. The third-order valence-electron chi connectivity index (χ3n) is 0.426. The molecular weight excluding hydrogens is 117 g/mol. The van der Waals surface area contributed by atoms with Crippen LogP contribution >= 0.6 is 12.4 Å². The second-order valence-electron chi connectivity index (χ2n) is 0.843. The Morgan fingerprint density at radius 2 is 2.43 bits per heavy atom. The molecular formula is C2H4ClN3O. The number of hydrogen-bond acceptors (Lipinski definition) is 2. The molecule has 0 aliphatic rings. The monoisotopic (exact) mass is 121 g/mol. The Morgan fingerprint density at radius 3 is 2.57 bits per heavy atom. The van der Waals surface area contributed by atoms with E-state index in [1.165, 1.54) is 6.33 Å². The molecule has 4 nitrogen and oxygen atoms in total. The number of aromatic nitrogens is 3. The molecule has 1 aromatic heterocycles. The zero-order valence-electron chi connectivity index (χ0n) is 3.34. The third kappa shape index (κ3) is 1.41. The van der Waals surface area contributed by atoms with Crippen LogP contribution in [0, 0.1) is 0 Å². The maximum atomic E-state index is 9.90. The molecule has 40 valence electrons. The van der Waals surface area contributed by atoms with Gasteiger partial charge in [0.1, 0.15) is 6.33 Å². The molecule has 1 rings (SSSR count). The molecule has 7 heavy (non-hydrogen) atoms. The second-order valence-corrected chi connectivity index (χ2v) is 0.843. The molecule has 0 radical (unpaired) electrons. The van der Waals surface area contributed by atoms with Crippen molar-refractivity contribution in [3.63, 3.8) is 0 Å². The first-order chi connectivity index (χ1) is 2.89. The molecule has 0 fully saturated rings. The van der Waals surface area contributed by atoms with E-state index in [9.17, 15) is 4.79 Å². The lowest BCUT2D eigenvalue weighted by Gasteiger charge is -1.49. The molecule has 0 aliphatic carbocycles. The van der Waals surface area contributed by atoms with Gasteiger partial charge < -0.3 is 0 Å². The number of hydrogen-bond donors (Lipinski definition) is 2. The number of H-pyrrole nitrogens is 2. The van der Waals surface area contributed by atoms with Crippen molar-refractivity contribution >= 4 is 12.4 Å². The highest BCUT2D eigenvalue weighted by Crippen LogP contribution is 1.42. The van der Waals surface area contributed by atoms with Crippen molar-refractivity contribution in [3.05, 3.63) is 16.8 Å². The van der Waals surface area contributed by atoms with Gasteiger partial charge in [0.25, 0.3) is 0 Å². The average Bonchev–Trinajstić information content (AvgIpc) is 1.86. The molecule has 0 saturated heterocycles. The summed E-state index contributed by atoms with van der Waals surface area (Å²) in [4.78, 5) is 12.2. The molecule has 0 spiro atoms. The third-order valence-corrected chi connectivity index (χ3v) is 0.426. The van der Waals surface area contributed by atoms with E-state index in [4.69, 9.17) is 0 Å². The smallest absolute Gasteiger partial charge is 0.296 e. The van der Waals surface area contributed by atoms with Crippen LogP contribution in [0.2, 0.25) is 0 Å². The number of halogens is 1. The van der Waals surface area contributed by atoms with Crippen molar-refractivity contribution in [1.82, 2.24) is 15.2 Å². The standard InChI is InChI=1S/C2H3N3O.ClH/c6-2-3-1-4-5-2;/h1H,(H2,3,4,5,6);1H. The molecule has 0 unspecified atom stereocenters. The Bertz CT molecular complexity index is 151. The van der Waals surface area contributed by atoms with Crippen LogP contribution < -0.4 is 5.69 Å². The van der Waals surface area contributed by atoms with E-state index < -0.39 is 0 Å². The first-order valence-corrected chi connectivity index (χ1v) is 1.47. The molecule has 5 heteroatoms. The Labute approximate surface area is 45.4 Å². The van der Waals surface area contributed by atoms with E-state index in [-0.39, 0.29) is 18.1 Å². The molecule has 0 aliphatic heterocycles. The summed E-state index contributed by atoms with van der Waals surface area (Å²) >= 11 is 0. The maximum absolute atomic E-state index is 9.90. The zero-order valence-corrected chi connectivity index (χ0v) is 4.16. The summed E-state index contributed by atoms with van der Waals surface area (Å²) in [5, 5.41) is 5.47. The lowest BCUT2D eigenvalue weighted by molar-refractivity contribution is 1.05. The Hall–Kier alpha value is -0.770. The van der Waals surface area contributed by atoms with Crippen LogP contribution in [0.5, 0.6) is 0 Å². The average molecular weight is 122 g/mol. The van der Waals surface area contributed by atoms with Gasteiger partial charge in [-0.3, -0.25) is 4.98 Å². The molecule has 1 aromatic rings. The Morgan fingerprint density at radius 1 is 1.71 bits per heavy atom. The molecule has 0 aromatic carbocycles. The van der Waals surface area contributed by atoms with Gasteiger partial charge in [-0.1, -0.05) is 0 Å². The van der Waals surface area contributed by atoms with Crippen LogP contribution in [-0.4, -0.2) is 15.2 Å². The largest absolute Gasteiger partial charge is 0.340 e. The minimum atomic E-state index is -0.269. The number of aromatic amines is 2. The van der Waals surface area contributed by atoms with E-state index >= 15 is 0 Å². The minimum Gasteiger partial charge on any atom is -0.296 e. The highest BCUT2D eigenvalue weighted by molar-refractivity contribution is 5.85. The first kappa shape index (κ1) is 6.23. The van der Waals surface area contributed by atoms with Gasteiger partial charge in [0, 0.05) is 0 Å². The number of nitrogens with one attached hydrogen (secondary N) is 2. The van der Waals surface area contributed by atoms with Crippen LogP contribution in [0.4, 0.5) is 0 Å². The van der Waals surface area contributed by atoms with Crippen molar-refractivity contribution in [3.8, 4) is 0 Å². The van der Waals surface area contributed by atoms with Crippen molar-refractivity contribution in [2.24, 2.45) is 0 Å². The topological polar surface area (TPSA) is 61.5 Å². The van der Waals surface area contributed by atoms with Gasteiger partial charge in [0.15, 0.2) is 0 Å². The zero-order chi connectivity index (χ0) is 4.41. The van der Waals surface area contributed by atoms with Crippen molar-refractivity contribution < 1.29 is 0 Å². The van der Waals surface area contributed by atoms with Crippen LogP contribution in [0.25, 0.3) is 0 Å². The first-order valence-electron chi connectivity index (χ1n) is 1.47. The summed E-state index contributed by atoms with van der Waals surface area (Å²) in [5.74, 6) is 0. The van der Waals surface area contributed by atoms with E-state index in [1.807, 2.05) is 0 Å². The van der Waals surface area contributed by atoms with Crippen LogP contribution in [0.1, 0.15) is 0 Å². The fourth-order valence-corrected chi connectivity index (χ4v) is 0.214. The molecule has 0 saturated carbocycles. The van der Waals surface area contributed by atoms with Crippen molar-refractivity contribution in [2.45, 2.75) is 0 Å². The molecule has 1 heterocycles. The van der Waals surface area contributed by atoms with Gasteiger partial charge in [0.2, 0.25) is 0 Å². The predicted octanol–water partition coefficient (Wildman–Crippen LogP) is -0.480. The van der Waals surface area contributed by atoms with Crippen molar-refractivity contribution in [1.29, 1.82) is 0 Å².